The molecule has 0 bridgehead atoms. The summed E-state index contributed by atoms with van der Waals surface area (Å²) < 4.78 is 7.09. The van der Waals surface area contributed by atoms with Crippen LogP contribution in [0.4, 0.5) is 0 Å². The van der Waals surface area contributed by atoms with Gasteiger partial charge >= 0.3 is 0 Å². The van der Waals surface area contributed by atoms with Crippen molar-refractivity contribution < 1.29 is 9.53 Å². The molecule has 0 saturated heterocycles. The van der Waals surface area contributed by atoms with Crippen LogP contribution in [-0.4, -0.2) is 49.7 Å². The van der Waals surface area contributed by atoms with E-state index in [0.717, 1.165) is 55.2 Å². The highest BCUT2D eigenvalue weighted by atomic mass is 16.5. The average Bonchev–Trinajstić information content (AvgIpc) is 3.41. The Labute approximate surface area is 162 Å². The van der Waals surface area contributed by atoms with Gasteiger partial charge in [-0.2, -0.15) is 0 Å². The lowest BCUT2D eigenvalue weighted by Gasteiger charge is -2.40. The standard InChI is InChI=1S/C20H24N6O2/c1-28-14-5-6-17-15(11-14)16-12-25(10-7-18(16)22-17)19(27)20(8-3-2-4-9-20)26-13-21-23-24-26/h5-6,11,13,22H,2-4,7-10,12H2,1H3. The molecule has 2 aliphatic rings. The van der Waals surface area contributed by atoms with Crippen molar-refractivity contribution in [2.75, 3.05) is 13.7 Å². The molecule has 0 atom stereocenters. The van der Waals surface area contributed by atoms with Gasteiger partial charge in [0, 0.05) is 41.7 Å². The summed E-state index contributed by atoms with van der Waals surface area (Å²) in [5.41, 5.74) is 2.85. The number of rotatable bonds is 3. The number of methoxy groups -OCH3 is 1. The van der Waals surface area contributed by atoms with E-state index in [1.165, 1.54) is 11.3 Å². The van der Waals surface area contributed by atoms with Gasteiger partial charge in [0.25, 0.3) is 5.91 Å². The van der Waals surface area contributed by atoms with Gasteiger partial charge in [0.05, 0.1) is 7.11 Å². The molecule has 2 aromatic heterocycles. The van der Waals surface area contributed by atoms with Crippen LogP contribution in [0.2, 0.25) is 0 Å². The maximum absolute atomic E-state index is 13.7. The van der Waals surface area contributed by atoms with Gasteiger partial charge in [0.15, 0.2) is 0 Å². The fourth-order valence-corrected chi connectivity index (χ4v) is 4.82. The first kappa shape index (κ1) is 17.2. The second-order valence-electron chi connectivity index (χ2n) is 7.82. The monoisotopic (exact) mass is 380 g/mol. The second kappa shape index (κ2) is 6.61. The fourth-order valence-electron chi connectivity index (χ4n) is 4.82. The molecular weight excluding hydrogens is 356 g/mol. The maximum Gasteiger partial charge on any atom is 0.251 e. The number of hydrogen-bond acceptors (Lipinski definition) is 5. The highest BCUT2D eigenvalue weighted by Crippen LogP contribution is 2.38. The van der Waals surface area contributed by atoms with Crippen molar-refractivity contribution >= 4 is 16.8 Å². The van der Waals surface area contributed by atoms with Gasteiger partial charge in [-0.15, -0.1) is 5.10 Å². The summed E-state index contributed by atoms with van der Waals surface area (Å²) in [5.74, 6) is 0.970. The number of carbonyl (C=O) groups is 1. The highest BCUT2D eigenvalue weighted by molar-refractivity contribution is 5.89. The van der Waals surface area contributed by atoms with Crippen LogP contribution in [0.15, 0.2) is 24.5 Å². The second-order valence-corrected chi connectivity index (χ2v) is 7.82. The number of ether oxygens (including phenoxy) is 1. The number of aromatic amines is 1. The van der Waals surface area contributed by atoms with E-state index < -0.39 is 5.54 Å². The van der Waals surface area contributed by atoms with Crippen LogP contribution < -0.4 is 4.74 Å². The van der Waals surface area contributed by atoms with Crippen molar-refractivity contribution in [1.82, 2.24) is 30.1 Å². The van der Waals surface area contributed by atoms with Gasteiger partial charge in [0.2, 0.25) is 0 Å². The zero-order chi connectivity index (χ0) is 19.1. The molecule has 1 fully saturated rings. The predicted molar refractivity (Wildman–Crippen MR) is 103 cm³/mol. The lowest BCUT2D eigenvalue weighted by atomic mass is 9.80. The summed E-state index contributed by atoms with van der Waals surface area (Å²) in [7, 11) is 1.68. The molecule has 1 aromatic carbocycles. The SMILES string of the molecule is COc1ccc2[nH]c3c(c2c1)CN(C(=O)C1(n2cnnn2)CCCCC1)CC3. The van der Waals surface area contributed by atoms with E-state index in [2.05, 4.69) is 26.6 Å². The molecule has 0 unspecified atom stereocenters. The summed E-state index contributed by atoms with van der Waals surface area (Å²) in [6.07, 6.45) is 7.20. The first-order valence-electron chi connectivity index (χ1n) is 9.91. The minimum Gasteiger partial charge on any atom is -0.497 e. The molecule has 146 valence electrons. The molecule has 1 aliphatic carbocycles. The number of hydrogen-bond donors (Lipinski definition) is 1. The fraction of sp³-hybridized carbons (Fsp3) is 0.500. The van der Waals surface area contributed by atoms with Gasteiger partial charge in [-0.05, 0) is 41.5 Å². The van der Waals surface area contributed by atoms with Crippen LogP contribution >= 0.6 is 0 Å². The van der Waals surface area contributed by atoms with Crippen molar-refractivity contribution in [3.05, 3.63) is 35.8 Å². The number of carbonyl (C=O) groups excluding carboxylic acids is 1. The number of nitrogens with zero attached hydrogens (tertiary/aromatic N) is 5. The number of aromatic nitrogens is 5. The maximum atomic E-state index is 13.7. The van der Waals surface area contributed by atoms with E-state index >= 15 is 0 Å². The Morgan fingerprint density at radius 2 is 2.11 bits per heavy atom. The van der Waals surface area contributed by atoms with Gasteiger partial charge in [-0.1, -0.05) is 19.3 Å². The van der Waals surface area contributed by atoms with Crippen LogP contribution in [-0.2, 0) is 23.3 Å². The van der Waals surface area contributed by atoms with E-state index in [1.807, 2.05) is 17.0 Å². The summed E-state index contributed by atoms with van der Waals surface area (Å²) >= 11 is 0. The molecule has 1 saturated carbocycles. The molecule has 8 nitrogen and oxygen atoms in total. The first-order valence-corrected chi connectivity index (χ1v) is 9.91. The Bertz CT molecular complexity index is 1000. The molecule has 0 spiro atoms. The molecule has 5 rings (SSSR count). The van der Waals surface area contributed by atoms with E-state index in [0.29, 0.717) is 13.1 Å². The molecule has 3 heterocycles. The Hall–Kier alpha value is -2.90. The minimum atomic E-state index is -0.650. The third-order valence-electron chi connectivity index (χ3n) is 6.34. The Kier molecular flexibility index (Phi) is 4.07. The van der Waals surface area contributed by atoms with Crippen molar-refractivity contribution in [2.24, 2.45) is 0 Å². The van der Waals surface area contributed by atoms with Crippen LogP contribution in [0, 0.1) is 0 Å². The summed E-state index contributed by atoms with van der Waals surface area (Å²) in [4.78, 5) is 19.2. The molecule has 28 heavy (non-hydrogen) atoms. The van der Waals surface area contributed by atoms with Crippen molar-refractivity contribution in [1.29, 1.82) is 0 Å². The zero-order valence-electron chi connectivity index (χ0n) is 16.0. The summed E-state index contributed by atoms with van der Waals surface area (Å²) in [6.45, 7) is 1.31. The molecule has 3 aromatic rings. The van der Waals surface area contributed by atoms with Crippen LogP contribution in [0.25, 0.3) is 10.9 Å². The zero-order valence-corrected chi connectivity index (χ0v) is 16.0. The topological polar surface area (TPSA) is 88.9 Å². The van der Waals surface area contributed by atoms with Crippen LogP contribution in [0.3, 0.4) is 0 Å². The largest absolute Gasteiger partial charge is 0.497 e. The summed E-state index contributed by atoms with van der Waals surface area (Å²) in [6, 6.07) is 6.06. The Morgan fingerprint density at radius 1 is 1.25 bits per heavy atom. The Morgan fingerprint density at radius 3 is 2.86 bits per heavy atom. The van der Waals surface area contributed by atoms with Crippen molar-refractivity contribution in [3.63, 3.8) is 0 Å². The predicted octanol–water partition coefficient (Wildman–Crippen LogP) is 2.41. The number of benzene rings is 1. The van der Waals surface area contributed by atoms with Crippen molar-refractivity contribution in [2.45, 2.75) is 50.6 Å². The molecular formula is C20H24N6O2. The normalized spacial score (nSPS) is 18.8. The van der Waals surface area contributed by atoms with E-state index in [1.54, 1.807) is 18.1 Å². The number of nitrogens with one attached hydrogen (secondary N) is 1. The van der Waals surface area contributed by atoms with Crippen LogP contribution in [0.5, 0.6) is 5.75 Å². The third-order valence-corrected chi connectivity index (χ3v) is 6.34. The van der Waals surface area contributed by atoms with Gasteiger partial charge in [-0.25, -0.2) is 4.68 Å². The van der Waals surface area contributed by atoms with Gasteiger partial charge in [0.1, 0.15) is 17.6 Å². The molecule has 8 heteroatoms. The summed E-state index contributed by atoms with van der Waals surface area (Å²) in [5, 5.41) is 12.9. The molecule has 1 amide bonds. The molecule has 0 radical (unpaired) electrons. The third kappa shape index (κ3) is 2.58. The van der Waals surface area contributed by atoms with E-state index in [-0.39, 0.29) is 5.91 Å². The number of fused-ring (bicyclic) bond motifs is 3. The van der Waals surface area contributed by atoms with E-state index in [9.17, 15) is 4.79 Å². The highest BCUT2D eigenvalue weighted by Gasteiger charge is 2.45. The first-order chi connectivity index (χ1) is 13.7. The quantitative estimate of drug-likeness (QED) is 0.754. The number of H-pyrrole nitrogens is 1. The molecule has 1 aliphatic heterocycles. The lowest BCUT2D eigenvalue weighted by Crippen LogP contribution is -2.53. The van der Waals surface area contributed by atoms with Crippen LogP contribution in [0.1, 0.15) is 43.4 Å². The average molecular weight is 380 g/mol. The lowest BCUT2D eigenvalue weighted by molar-refractivity contribution is -0.144. The molecule has 1 N–H and O–H groups in total. The van der Waals surface area contributed by atoms with Gasteiger partial charge in [-0.3, -0.25) is 4.79 Å². The van der Waals surface area contributed by atoms with Crippen molar-refractivity contribution in [3.8, 4) is 5.75 Å². The number of amides is 1. The smallest absolute Gasteiger partial charge is 0.251 e. The number of tetrazole rings is 1. The van der Waals surface area contributed by atoms with E-state index in [4.69, 9.17) is 4.74 Å². The minimum absolute atomic E-state index is 0.141. The van der Waals surface area contributed by atoms with Gasteiger partial charge < -0.3 is 14.6 Å². The Balaban J connectivity index is 1.50.